The van der Waals surface area contributed by atoms with Crippen LogP contribution in [0.4, 0.5) is 0 Å². The Morgan fingerprint density at radius 2 is 1.59 bits per heavy atom. The molecule has 0 saturated heterocycles. The first-order valence-electron chi connectivity index (χ1n) is 11.8. The van der Waals surface area contributed by atoms with Gasteiger partial charge in [0.25, 0.3) is 3.57 Å². The van der Waals surface area contributed by atoms with Gasteiger partial charge in [-0.15, -0.1) is 5.10 Å². The van der Waals surface area contributed by atoms with Crippen LogP contribution in [0.1, 0.15) is 64.5 Å². The predicted molar refractivity (Wildman–Crippen MR) is 133 cm³/mol. The molecule has 1 aromatic heterocycles. The van der Waals surface area contributed by atoms with E-state index < -0.39 is 36.0 Å². The predicted octanol–water partition coefficient (Wildman–Crippen LogP) is 2.78. The fourth-order valence-corrected chi connectivity index (χ4v) is 12.0. The van der Waals surface area contributed by atoms with Gasteiger partial charge in [0.1, 0.15) is 11.8 Å². The van der Waals surface area contributed by atoms with Crippen LogP contribution in [0.3, 0.4) is 0 Å². The third kappa shape index (κ3) is 5.55. The van der Waals surface area contributed by atoms with Crippen molar-refractivity contribution in [3.05, 3.63) is 75.1 Å². The molecule has 0 aliphatic heterocycles. The maximum Gasteiger partial charge on any atom is 0.523 e. The van der Waals surface area contributed by atoms with Crippen LogP contribution in [0, 0.1) is 3.57 Å². The highest BCUT2D eigenvalue weighted by atomic mass is 127. The number of ether oxygens (including phenoxy) is 1. The van der Waals surface area contributed by atoms with E-state index in [4.69, 9.17) is 9.16 Å². The van der Waals surface area contributed by atoms with Crippen LogP contribution in [0.5, 0.6) is 5.75 Å². The van der Waals surface area contributed by atoms with Crippen LogP contribution >= 0.6 is 0 Å². The number of halogens is 1. The van der Waals surface area contributed by atoms with Gasteiger partial charge in [-0.05, 0) is 28.3 Å². The molecule has 3 aromatic rings. The number of aromatic nitrogens is 3. The van der Waals surface area contributed by atoms with E-state index in [1.165, 1.54) is 0 Å². The highest BCUT2D eigenvalue weighted by molar-refractivity contribution is 6.77. The number of hydrogen-bond acceptors (Lipinski definition) is 5. The van der Waals surface area contributed by atoms with Gasteiger partial charge < -0.3 is 9.16 Å². The highest BCUT2D eigenvalue weighted by Gasteiger charge is 2.48. The molecule has 1 heterocycles. The van der Waals surface area contributed by atoms with Gasteiger partial charge in [0, 0.05) is 5.56 Å². The van der Waals surface area contributed by atoms with Gasteiger partial charge in [-0.2, -0.15) is 3.44 Å². The monoisotopic (exact) mass is 594 g/mol. The summed E-state index contributed by atoms with van der Waals surface area (Å²) in [5.74, 6) is 0.698. The molecule has 3 rings (SSSR count). The third-order valence-corrected chi connectivity index (χ3v) is 14.3. The Labute approximate surface area is 215 Å². The quantitative estimate of drug-likeness (QED) is 0.273. The van der Waals surface area contributed by atoms with Crippen LogP contribution < -0.4 is 26.4 Å². The molecule has 6 nitrogen and oxygen atoms in total. The van der Waals surface area contributed by atoms with Crippen LogP contribution in [0.15, 0.2) is 54.7 Å². The lowest BCUT2D eigenvalue weighted by Gasteiger charge is -2.44. The molecular formula is C26H37IN3O3Si+. The van der Waals surface area contributed by atoms with Crippen molar-refractivity contribution in [2.75, 3.05) is 7.11 Å². The van der Waals surface area contributed by atoms with E-state index >= 15 is 0 Å². The molecule has 0 amide bonds. The number of nitrogens with zero attached hydrogens (tertiary/aromatic N) is 3. The minimum absolute atomic E-state index is 0.409. The molecule has 8 heteroatoms. The summed E-state index contributed by atoms with van der Waals surface area (Å²) in [6.07, 6.45) is 1.57. The molecule has 1 N–H and O–H groups in total. The van der Waals surface area contributed by atoms with Crippen LogP contribution in [-0.4, -0.2) is 33.9 Å². The van der Waals surface area contributed by atoms with E-state index in [2.05, 4.69) is 64.0 Å². The summed E-state index contributed by atoms with van der Waals surface area (Å²) in [5.41, 5.74) is 4.09. The number of methoxy groups -OCH3 is 1. The summed E-state index contributed by atoms with van der Waals surface area (Å²) in [6.45, 7) is 14.3. The van der Waals surface area contributed by atoms with E-state index in [0.29, 0.717) is 28.9 Å². The maximum absolute atomic E-state index is 10.4. The van der Waals surface area contributed by atoms with Crippen molar-refractivity contribution in [1.82, 2.24) is 15.0 Å². The van der Waals surface area contributed by atoms with Crippen LogP contribution in [0.25, 0.3) is 0 Å². The molecule has 0 saturated carbocycles. The average Bonchev–Trinajstić information content (AvgIpc) is 3.27. The molecule has 2 aromatic carbocycles. The lowest BCUT2D eigenvalue weighted by molar-refractivity contribution is -0.867. The molecule has 0 aliphatic rings. The van der Waals surface area contributed by atoms with E-state index in [-0.39, 0.29) is 0 Å². The smallest absolute Gasteiger partial charge is 0.492 e. The first-order valence-corrected chi connectivity index (χ1v) is 16.0. The maximum atomic E-state index is 10.4. The van der Waals surface area contributed by atoms with Gasteiger partial charge in [0.2, 0.25) is 8.32 Å². The van der Waals surface area contributed by atoms with Crippen molar-refractivity contribution in [1.29, 1.82) is 0 Å². The molecule has 34 heavy (non-hydrogen) atoms. The van der Waals surface area contributed by atoms with Crippen molar-refractivity contribution < 1.29 is 34.2 Å². The van der Waals surface area contributed by atoms with Crippen LogP contribution in [-0.2, 0) is 11.0 Å². The Hall–Kier alpha value is -1.75. The summed E-state index contributed by atoms with van der Waals surface area (Å²) >= 11 is -1.23. The molecule has 0 bridgehead atoms. The van der Waals surface area contributed by atoms with Crippen molar-refractivity contribution in [3.8, 4) is 5.75 Å². The SMILES string of the molecule is COc1cccc([C@@H](O[Si](C(C)C)(C(C)C)C(C)C)c2cn(Cc3ccccc3)nn2)c1[I+]O. The van der Waals surface area contributed by atoms with Crippen molar-refractivity contribution in [2.45, 2.75) is 70.8 Å². The van der Waals surface area contributed by atoms with E-state index in [1.807, 2.05) is 47.3 Å². The van der Waals surface area contributed by atoms with Gasteiger partial charge in [-0.25, -0.2) is 4.68 Å². The zero-order valence-electron chi connectivity index (χ0n) is 21.2. The summed E-state index contributed by atoms with van der Waals surface area (Å²) in [7, 11) is -0.629. The summed E-state index contributed by atoms with van der Waals surface area (Å²) in [5, 5.41) is 9.02. The largest absolute Gasteiger partial charge is 0.523 e. The molecule has 0 spiro atoms. The third-order valence-electron chi connectivity index (χ3n) is 6.62. The van der Waals surface area contributed by atoms with Crippen molar-refractivity contribution in [3.63, 3.8) is 0 Å². The fourth-order valence-electron chi connectivity index (χ4n) is 5.16. The van der Waals surface area contributed by atoms with Gasteiger partial charge in [-0.1, -0.05) is 89.2 Å². The van der Waals surface area contributed by atoms with Gasteiger partial charge in [-0.3, -0.25) is 0 Å². The molecule has 1 atom stereocenters. The number of hydrogen-bond donors (Lipinski definition) is 1. The Morgan fingerprint density at radius 1 is 0.941 bits per heavy atom. The highest BCUT2D eigenvalue weighted by Crippen LogP contribution is 2.46. The Bertz CT molecular complexity index is 1030. The Morgan fingerprint density at radius 3 is 2.15 bits per heavy atom. The lowest BCUT2D eigenvalue weighted by atomic mass is 10.1. The normalized spacial score (nSPS) is 13.1. The van der Waals surface area contributed by atoms with E-state index in [9.17, 15) is 3.44 Å². The minimum atomic E-state index is -2.27. The standard InChI is InChI=1S/C26H37IN3O3Si/c1-18(2)34(19(3)4,20(5)6)33-26(22-14-11-15-24(32-7)25(22)27-31)23-17-30(29-28-23)16-21-12-9-8-10-13-21/h8-15,17-20,26,31H,16H2,1-7H3/q+1/t26-/m1/s1. The van der Waals surface area contributed by atoms with Gasteiger partial charge in [0.15, 0.2) is 5.75 Å². The number of rotatable bonds is 11. The van der Waals surface area contributed by atoms with E-state index in [0.717, 1.165) is 20.4 Å². The zero-order chi connectivity index (χ0) is 24.9. The topological polar surface area (TPSA) is 69.4 Å². The molecular weight excluding hydrogens is 557 g/mol. The molecule has 0 unspecified atom stereocenters. The summed E-state index contributed by atoms with van der Waals surface area (Å²) in [4.78, 5) is 0. The van der Waals surface area contributed by atoms with Crippen molar-refractivity contribution in [2.24, 2.45) is 0 Å². The average molecular weight is 595 g/mol. The second-order valence-corrected chi connectivity index (χ2v) is 16.6. The lowest BCUT2D eigenvalue weighted by Crippen LogP contribution is -3.61. The van der Waals surface area contributed by atoms with Gasteiger partial charge in [0.05, 0.1) is 19.9 Å². The zero-order valence-corrected chi connectivity index (χ0v) is 24.4. The van der Waals surface area contributed by atoms with Crippen LogP contribution in [0.2, 0.25) is 16.6 Å². The minimum Gasteiger partial charge on any atom is -0.492 e. The van der Waals surface area contributed by atoms with Crippen molar-refractivity contribution >= 4 is 8.32 Å². The molecule has 0 aliphatic carbocycles. The van der Waals surface area contributed by atoms with Gasteiger partial charge >= 0.3 is 21.6 Å². The summed E-state index contributed by atoms with van der Waals surface area (Å²) in [6, 6.07) is 16.1. The second-order valence-electron chi connectivity index (χ2n) is 9.59. The second kappa shape index (κ2) is 11.8. The first kappa shape index (κ1) is 26.8. The van der Waals surface area contributed by atoms with E-state index in [1.54, 1.807) is 7.11 Å². The molecule has 0 radical (unpaired) electrons. The Balaban J connectivity index is 2.12. The first-order chi connectivity index (χ1) is 16.2. The molecule has 0 fully saturated rings. The molecule has 184 valence electrons. The number of benzene rings is 2. The Kier molecular flexibility index (Phi) is 9.31. The fraction of sp³-hybridized carbons (Fsp3) is 0.462. The summed E-state index contributed by atoms with van der Waals surface area (Å²) < 4.78 is 26.0.